The molecule has 0 aliphatic carbocycles. The number of H-pyrrole nitrogens is 1. The molecule has 0 amide bonds. The molecule has 0 unspecified atom stereocenters. The van der Waals surface area contributed by atoms with Crippen molar-refractivity contribution in [2.24, 2.45) is 5.92 Å². The van der Waals surface area contributed by atoms with E-state index >= 15 is 0 Å². The summed E-state index contributed by atoms with van der Waals surface area (Å²) >= 11 is 0. The minimum absolute atomic E-state index is 0.665. The predicted octanol–water partition coefficient (Wildman–Crippen LogP) is 2.28. The number of nitrogens with one attached hydrogen (secondary N) is 1. The largest absolute Gasteiger partial charge is 0.356 e. The van der Waals surface area contributed by atoms with Crippen molar-refractivity contribution in [2.75, 3.05) is 18.0 Å². The Labute approximate surface area is 119 Å². The van der Waals surface area contributed by atoms with Gasteiger partial charge in [0.05, 0.1) is 6.20 Å². The van der Waals surface area contributed by atoms with Crippen molar-refractivity contribution < 1.29 is 0 Å². The van der Waals surface area contributed by atoms with E-state index in [2.05, 4.69) is 32.0 Å². The highest BCUT2D eigenvalue weighted by Gasteiger charge is 2.22. The molecule has 3 heterocycles. The number of aromatic nitrogens is 4. The van der Waals surface area contributed by atoms with Gasteiger partial charge in [-0.3, -0.25) is 5.10 Å². The summed E-state index contributed by atoms with van der Waals surface area (Å²) in [5.41, 5.74) is 2.54. The van der Waals surface area contributed by atoms with Crippen molar-refractivity contribution in [3.63, 3.8) is 0 Å². The summed E-state index contributed by atoms with van der Waals surface area (Å²) in [6, 6.07) is 2.01. The van der Waals surface area contributed by atoms with Crippen LogP contribution < -0.4 is 4.90 Å². The molecule has 1 aliphatic heterocycles. The smallest absolute Gasteiger partial charge is 0.132 e. The Kier molecular flexibility index (Phi) is 3.67. The molecule has 0 spiro atoms. The van der Waals surface area contributed by atoms with E-state index in [1.807, 2.05) is 25.4 Å². The molecule has 3 rings (SSSR count). The molecule has 1 aliphatic rings. The molecule has 2 aromatic heterocycles. The van der Waals surface area contributed by atoms with Crippen LogP contribution in [0.25, 0.3) is 0 Å². The molecule has 5 nitrogen and oxygen atoms in total. The number of rotatable bonds is 3. The van der Waals surface area contributed by atoms with Crippen molar-refractivity contribution in [1.82, 2.24) is 20.2 Å². The molecule has 1 atom stereocenters. The van der Waals surface area contributed by atoms with E-state index in [1.165, 1.54) is 24.1 Å². The number of anilines is 1. The fourth-order valence-electron chi connectivity index (χ4n) is 2.93. The maximum Gasteiger partial charge on any atom is 0.132 e. The molecule has 0 radical (unpaired) electrons. The zero-order valence-corrected chi connectivity index (χ0v) is 12.1. The van der Waals surface area contributed by atoms with Gasteiger partial charge in [-0.05, 0) is 50.7 Å². The molecular formula is C15H21N5. The number of aromatic amines is 1. The maximum absolute atomic E-state index is 4.54. The summed E-state index contributed by atoms with van der Waals surface area (Å²) < 4.78 is 0. The lowest BCUT2D eigenvalue weighted by Crippen LogP contribution is -2.37. The van der Waals surface area contributed by atoms with Crippen LogP contribution >= 0.6 is 0 Å². The van der Waals surface area contributed by atoms with E-state index in [4.69, 9.17) is 0 Å². The number of nitrogens with zero attached hydrogens (tertiary/aromatic N) is 4. The normalized spacial score (nSPS) is 19.3. The highest BCUT2D eigenvalue weighted by molar-refractivity contribution is 5.38. The topological polar surface area (TPSA) is 57.7 Å². The third-order valence-corrected chi connectivity index (χ3v) is 4.03. The average Bonchev–Trinajstić information content (AvgIpc) is 2.85. The van der Waals surface area contributed by atoms with E-state index in [0.717, 1.165) is 31.2 Å². The van der Waals surface area contributed by atoms with Gasteiger partial charge in [-0.25, -0.2) is 9.97 Å². The van der Waals surface area contributed by atoms with Gasteiger partial charge in [-0.15, -0.1) is 0 Å². The standard InChI is InChI=1S/C15H21N5/c1-11-9-17-19-14(11)8-13-4-3-7-20(10-13)15-5-6-16-12(2)18-15/h5-6,9,13H,3-4,7-8,10H2,1-2H3,(H,17,19)/t13-/m0/s1. The van der Waals surface area contributed by atoms with E-state index in [1.54, 1.807) is 0 Å². The highest BCUT2D eigenvalue weighted by Crippen LogP contribution is 2.24. The minimum Gasteiger partial charge on any atom is -0.356 e. The molecular weight excluding hydrogens is 250 g/mol. The molecule has 1 N–H and O–H groups in total. The molecule has 0 aromatic carbocycles. The molecule has 1 fully saturated rings. The lowest BCUT2D eigenvalue weighted by atomic mass is 9.92. The lowest BCUT2D eigenvalue weighted by Gasteiger charge is -2.33. The fraction of sp³-hybridized carbons (Fsp3) is 0.533. The summed E-state index contributed by atoms with van der Waals surface area (Å²) in [6.07, 6.45) is 7.33. The number of piperidine rings is 1. The van der Waals surface area contributed by atoms with Crippen LogP contribution in [0.2, 0.25) is 0 Å². The zero-order chi connectivity index (χ0) is 13.9. The van der Waals surface area contributed by atoms with Gasteiger partial charge in [0.25, 0.3) is 0 Å². The molecule has 2 aromatic rings. The first-order chi connectivity index (χ1) is 9.72. The first-order valence-electron chi connectivity index (χ1n) is 7.26. The van der Waals surface area contributed by atoms with Gasteiger partial charge in [-0.1, -0.05) is 0 Å². The van der Waals surface area contributed by atoms with Crippen LogP contribution in [0, 0.1) is 19.8 Å². The molecule has 0 bridgehead atoms. The maximum atomic E-state index is 4.54. The van der Waals surface area contributed by atoms with Gasteiger partial charge in [0, 0.05) is 25.0 Å². The van der Waals surface area contributed by atoms with Crippen molar-refractivity contribution >= 4 is 5.82 Å². The quantitative estimate of drug-likeness (QED) is 0.930. The van der Waals surface area contributed by atoms with Crippen LogP contribution in [0.1, 0.15) is 29.9 Å². The second kappa shape index (κ2) is 5.61. The Bertz CT molecular complexity index is 577. The first-order valence-corrected chi connectivity index (χ1v) is 7.26. The Morgan fingerprint density at radius 2 is 2.30 bits per heavy atom. The summed E-state index contributed by atoms with van der Waals surface area (Å²) in [5.74, 6) is 2.57. The van der Waals surface area contributed by atoms with Crippen LogP contribution in [-0.4, -0.2) is 33.3 Å². The van der Waals surface area contributed by atoms with Crippen LogP contribution in [0.15, 0.2) is 18.5 Å². The second-order valence-corrected chi connectivity index (χ2v) is 5.65. The molecule has 20 heavy (non-hydrogen) atoms. The van der Waals surface area contributed by atoms with Gasteiger partial charge >= 0.3 is 0 Å². The summed E-state index contributed by atoms with van der Waals surface area (Å²) in [7, 11) is 0. The first kappa shape index (κ1) is 13.1. The van der Waals surface area contributed by atoms with Crippen molar-refractivity contribution in [3.8, 4) is 0 Å². The summed E-state index contributed by atoms with van der Waals surface area (Å²) in [6.45, 7) is 6.22. The molecule has 5 heteroatoms. The highest BCUT2D eigenvalue weighted by atomic mass is 15.2. The van der Waals surface area contributed by atoms with Crippen LogP contribution in [0.5, 0.6) is 0 Å². The molecule has 106 valence electrons. The van der Waals surface area contributed by atoms with E-state index in [0.29, 0.717) is 5.92 Å². The van der Waals surface area contributed by atoms with Gasteiger partial charge in [0.2, 0.25) is 0 Å². The van der Waals surface area contributed by atoms with Crippen LogP contribution in [0.3, 0.4) is 0 Å². The lowest BCUT2D eigenvalue weighted by molar-refractivity contribution is 0.407. The monoisotopic (exact) mass is 271 g/mol. The predicted molar refractivity (Wildman–Crippen MR) is 78.7 cm³/mol. The van der Waals surface area contributed by atoms with Gasteiger partial charge < -0.3 is 4.90 Å². The zero-order valence-electron chi connectivity index (χ0n) is 12.1. The Hall–Kier alpha value is -1.91. The number of hydrogen-bond acceptors (Lipinski definition) is 4. The second-order valence-electron chi connectivity index (χ2n) is 5.65. The van der Waals surface area contributed by atoms with Gasteiger partial charge in [0.15, 0.2) is 0 Å². The Morgan fingerprint density at radius 3 is 3.05 bits per heavy atom. The van der Waals surface area contributed by atoms with Crippen molar-refractivity contribution in [2.45, 2.75) is 33.1 Å². The Balaban J connectivity index is 1.69. The van der Waals surface area contributed by atoms with Gasteiger partial charge in [-0.2, -0.15) is 5.10 Å². The third-order valence-electron chi connectivity index (χ3n) is 4.03. The van der Waals surface area contributed by atoms with Crippen molar-refractivity contribution in [3.05, 3.63) is 35.5 Å². The van der Waals surface area contributed by atoms with Gasteiger partial charge in [0.1, 0.15) is 11.6 Å². The SMILES string of the molecule is Cc1nccc(N2CCC[C@@H](Cc3[nH]ncc3C)C2)n1. The minimum atomic E-state index is 0.665. The van der Waals surface area contributed by atoms with E-state index in [9.17, 15) is 0 Å². The third kappa shape index (κ3) is 2.81. The van der Waals surface area contributed by atoms with Crippen LogP contribution in [-0.2, 0) is 6.42 Å². The Morgan fingerprint density at radius 1 is 1.40 bits per heavy atom. The average molecular weight is 271 g/mol. The molecule has 0 saturated carbocycles. The van der Waals surface area contributed by atoms with E-state index in [-0.39, 0.29) is 0 Å². The van der Waals surface area contributed by atoms with E-state index < -0.39 is 0 Å². The molecule has 1 saturated heterocycles. The number of aryl methyl sites for hydroxylation is 2. The number of hydrogen-bond donors (Lipinski definition) is 1. The fourth-order valence-corrected chi connectivity index (χ4v) is 2.93. The van der Waals surface area contributed by atoms with Crippen LogP contribution in [0.4, 0.5) is 5.82 Å². The summed E-state index contributed by atoms with van der Waals surface area (Å²) in [4.78, 5) is 11.1. The summed E-state index contributed by atoms with van der Waals surface area (Å²) in [5, 5.41) is 7.24. The van der Waals surface area contributed by atoms with Crippen molar-refractivity contribution in [1.29, 1.82) is 0 Å².